The van der Waals surface area contributed by atoms with Crippen LogP contribution in [0.4, 0.5) is 0 Å². The third-order valence-corrected chi connectivity index (χ3v) is 1.22. The first kappa shape index (κ1) is 8.43. The standard InChI is InChI=1S/C6H14N2O/c1-5(9-4)6(7)8(2)3/h5,7H,1-4H3. The SMILES string of the molecule is COC(C)C(=N)N(C)C. The van der Waals surface area contributed by atoms with Gasteiger partial charge in [0.15, 0.2) is 0 Å². The topological polar surface area (TPSA) is 36.3 Å². The molecular weight excluding hydrogens is 116 g/mol. The Morgan fingerprint density at radius 2 is 2.00 bits per heavy atom. The minimum Gasteiger partial charge on any atom is -0.374 e. The molecule has 1 N–H and O–H groups in total. The molecule has 0 aromatic heterocycles. The molecule has 0 rings (SSSR count). The largest absolute Gasteiger partial charge is 0.374 e. The van der Waals surface area contributed by atoms with Gasteiger partial charge in [0.25, 0.3) is 0 Å². The highest BCUT2D eigenvalue weighted by Gasteiger charge is 2.07. The minimum atomic E-state index is -0.0972. The van der Waals surface area contributed by atoms with Gasteiger partial charge in [-0.25, -0.2) is 0 Å². The van der Waals surface area contributed by atoms with E-state index in [-0.39, 0.29) is 6.10 Å². The fraction of sp³-hybridized carbons (Fsp3) is 0.833. The highest BCUT2D eigenvalue weighted by Crippen LogP contribution is 1.91. The molecule has 0 aromatic rings. The first-order valence-electron chi connectivity index (χ1n) is 2.88. The third-order valence-electron chi connectivity index (χ3n) is 1.22. The molecule has 3 nitrogen and oxygen atoms in total. The van der Waals surface area contributed by atoms with E-state index in [1.807, 2.05) is 21.0 Å². The van der Waals surface area contributed by atoms with Gasteiger partial charge in [-0.1, -0.05) is 0 Å². The molecule has 0 aromatic carbocycles. The zero-order valence-corrected chi connectivity index (χ0v) is 6.43. The summed E-state index contributed by atoms with van der Waals surface area (Å²) in [7, 11) is 5.26. The molecule has 0 fully saturated rings. The summed E-state index contributed by atoms with van der Waals surface area (Å²) >= 11 is 0. The van der Waals surface area contributed by atoms with E-state index >= 15 is 0 Å². The predicted molar refractivity (Wildman–Crippen MR) is 37.9 cm³/mol. The van der Waals surface area contributed by atoms with Crippen molar-refractivity contribution in [2.45, 2.75) is 13.0 Å². The van der Waals surface area contributed by atoms with Crippen LogP contribution < -0.4 is 0 Å². The number of nitrogens with zero attached hydrogens (tertiary/aromatic N) is 1. The molecule has 9 heavy (non-hydrogen) atoms. The van der Waals surface area contributed by atoms with Crippen molar-refractivity contribution < 1.29 is 4.74 Å². The Morgan fingerprint density at radius 3 is 2.11 bits per heavy atom. The normalized spacial score (nSPS) is 12.9. The van der Waals surface area contributed by atoms with Gasteiger partial charge < -0.3 is 9.64 Å². The van der Waals surface area contributed by atoms with Crippen molar-refractivity contribution >= 4 is 5.84 Å². The molecule has 0 spiro atoms. The van der Waals surface area contributed by atoms with Gasteiger partial charge >= 0.3 is 0 Å². The zero-order chi connectivity index (χ0) is 7.44. The van der Waals surface area contributed by atoms with Crippen LogP contribution in [0.1, 0.15) is 6.92 Å². The Bertz CT molecular complexity index is 101. The van der Waals surface area contributed by atoms with Gasteiger partial charge in [0.2, 0.25) is 0 Å². The van der Waals surface area contributed by atoms with E-state index in [9.17, 15) is 0 Å². The van der Waals surface area contributed by atoms with Gasteiger partial charge in [0.05, 0.1) is 0 Å². The number of nitrogens with one attached hydrogen (secondary N) is 1. The fourth-order valence-electron chi connectivity index (χ4n) is 0.475. The molecule has 0 saturated heterocycles. The molecule has 0 aliphatic rings. The Balaban J connectivity index is 3.73. The summed E-state index contributed by atoms with van der Waals surface area (Å²) in [6, 6.07) is 0. The summed E-state index contributed by atoms with van der Waals surface area (Å²) in [5.41, 5.74) is 0. The van der Waals surface area contributed by atoms with Crippen LogP contribution in [0.2, 0.25) is 0 Å². The Hall–Kier alpha value is -0.570. The van der Waals surface area contributed by atoms with Crippen LogP contribution in [0.15, 0.2) is 0 Å². The van der Waals surface area contributed by atoms with E-state index in [1.165, 1.54) is 0 Å². The number of rotatable bonds is 2. The summed E-state index contributed by atoms with van der Waals surface area (Å²) in [6.07, 6.45) is -0.0972. The first-order chi connectivity index (χ1) is 4.09. The van der Waals surface area contributed by atoms with Gasteiger partial charge in [0.1, 0.15) is 11.9 Å². The van der Waals surface area contributed by atoms with Crippen LogP contribution in [0.3, 0.4) is 0 Å². The molecule has 0 aliphatic carbocycles. The van der Waals surface area contributed by atoms with E-state index < -0.39 is 0 Å². The van der Waals surface area contributed by atoms with Crippen LogP contribution in [0.5, 0.6) is 0 Å². The number of amidine groups is 1. The van der Waals surface area contributed by atoms with Crippen molar-refractivity contribution in [1.29, 1.82) is 5.41 Å². The average molecular weight is 130 g/mol. The molecule has 0 aliphatic heterocycles. The lowest BCUT2D eigenvalue weighted by Crippen LogP contribution is -2.31. The quantitative estimate of drug-likeness (QED) is 0.438. The second kappa shape index (κ2) is 3.45. The van der Waals surface area contributed by atoms with Gasteiger partial charge in [0, 0.05) is 21.2 Å². The maximum absolute atomic E-state index is 7.35. The molecule has 0 amide bonds. The van der Waals surface area contributed by atoms with Gasteiger partial charge in [-0.3, -0.25) is 5.41 Å². The summed E-state index contributed by atoms with van der Waals surface area (Å²) in [6.45, 7) is 1.85. The molecular formula is C6H14N2O. The molecule has 0 bridgehead atoms. The minimum absolute atomic E-state index is 0.0972. The average Bonchev–Trinajstić information content (AvgIpc) is 1.84. The maximum Gasteiger partial charge on any atom is 0.125 e. The highest BCUT2D eigenvalue weighted by atomic mass is 16.5. The summed E-state index contributed by atoms with van der Waals surface area (Å²) in [5, 5.41) is 7.35. The van der Waals surface area contributed by atoms with Crippen molar-refractivity contribution in [3.05, 3.63) is 0 Å². The van der Waals surface area contributed by atoms with Crippen LogP contribution >= 0.6 is 0 Å². The fourth-order valence-corrected chi connectivity index (χ4v) is 0.475. The van der Waals surface area contributed by atoms with Crippen LogP contribution in [0, 0.1) is 5.41 Å². The molecule has 0 radical (unpaired) electrons. The molecule has 0 saturated carbocycles. The van der Waals surface area contributed by atoms with Crippen LogP contribution in [0.25, 0.3) is 0 Å². The molecule has 3 heteroatoms. The Labute approximate surface area is 56.1 Å². The number of hydrogen-bond acceptors (Lipinski definition) is 2. The van der Waals surface area contributed by atoms with Crippen LogP contribution in [-0.2, 0) is 4.74 Å². The lowest BCUT2D eigenvalue weighted by molar-refractivity contribution is 0.160. The van der Waals surface area contributed by atoms with Gasteiger partial charge in [-0.2, -0.15) is 0 Å². The monoisotopic (exact) mass is 130 g/mol. The molecule has 0 heterocycles. The zero-order valence-electron chi connectivity index (χ0n) is 6.43. The van der Waals surface area contributed by atoms with E-state index in [2.05, 4.69) is 0 Å². The van der Waals surface area contributed by atoms with Crippen molar-refractivity contribution in [2.24, 2.45) is 0 Å². The Morgan fingerprint density at radius 1 is 1.56 bits per heavy atom. The van der Waals surface area contributed by atoms with E-state index in [0.717, 1.165) is 0 Å². The van der Waals surface area contributed by atoms with Crippen molar-refractivity contribution in [2.75, 3.05) is 21.2 Å². The summed E-state index contributed by atoms with van der Waals surface area (Å²) < 4.78 is 4.91. The first-order valence-corrected chi connectivity index (χ1v) is 2.88. The van der Waals surface area contributed by atoms with Crippen molar-refractivity contribution in [3.63, 3.8) is 0 Å². The van der Waals surface area contributed by atoms with E-state index in [1.54, 1.807) is 12.0 Å². The van der Waals surface area contributed by atoms with E-state index in [4.69, 9.17) is 10.1 Å². The van der Waals surface area contributed by atoms with Crippen molar-refractivity contribution in [1.82, 2.24) is 4.90 Å². The number of hydrogen-bond donors (Lipinski definition) is 1. The third kappa shape index (κ3) is 2.46. The molecule has 1 atom stereocenters. The highest BCUT2D eigenvalue weighted by molar-refractivity contribution is 5.82. The number of ether oxygens (including phenoxy) is 1. The van der Waals surface area contributed by atoms with Crippen molar-refractivity contribution in [3.8, 4) is 0 Å². The lowest BCUT2D eigenvalue weighted by Gasteiger charge is -2.18. The molecule has 1 unspecified atom stereocenters. The van der Waals surface area contributed by atoms with Crippen LogP contribution in [-0.4, -0.2) is 38.0 Å². The second-order valence-corrected chi connectivity index (χ2v) is 2.16. The lowest BCUT2D eigenvalue weighted by atomic mass is 10.3. The predicted octanol–water partition coefficient (Wildman–Crippen LogP) is 0.560. The van der Waals surface area contributed by atoms with Gasteiger partial charge in [-0.15, -0.1) is 0 Å². The smallest absolute Gasteiger partial charge is 0.125 e. The maximum atomic E-state index is 7.35. The van der Waals surface area contributed by atoms with E-state index in [0.29, 0.717) is 5.84 Å². The molecule has 54 valence electrons. The number of likely N-dealkylation sites (N-methyl/N-ethyl adjacent to an activating group) is 1. The number of methoxy groups -OCH3 is 1. The Kier molecular flexibility index (Phi) is 3.24. The van der Waals surface area contributed by atoms with Gasteiger partial charge in [-0.05, 0) is 6.92 Å². The second-order valence-electron chi connectivity index (χ2n) is 2.16. The summed E-state index contributed by atoms with van der Waals surface area (Å²) in [5.74, 6) is 0.498. The summed E-state index contributed by atoms with van der Waals surface area (Å²) in [4.78, 5) is 1.73.